The summed E-state index contributed by atoms with van der Waals surface area (Å²) >= 11 is 0. The van der Waals surface area contributed by atoms with Gasteiger partial charge in [0.2, 0.25) is 5.91 Å². The number of amides is 1. The maximum Gasteiger partial charge on any atom is 0.397 e. The lowest BCUT2D eigenvalue weighted by Crippen LogP contribution is -2.61. The van der Waals surface area contributed by atoms with Crippen molar-refractivity contribution in [3.63, 3.8) is 0 Å². The summed E-state index contributed by atoms with van der Waals surface area (Å²) in [4.78, 5) is 13.1. The maximum absolute atomic E-state index is 13.1. The molecule has 0 spiro atoms. The van der Waals surface area contributed by atoms with Crippen LogP contribution in [0.4, 0.5) is 0 Å². The molecule has 0 radical (unpaired) electrons. The molecule has 0 saturated carbocycles. The molecule has 0 aromatic rings. The molecule has 63 heavy (non-hydrogen) atoms. The molecule has 1 aliphatic heterocycles. The SMILES string of the molecule is CCCCCC/C=C/CC/C=C/CC/C=C/C(O)C(COC1OC(CO)C(O)C(OS(=O)(=O)O)C1O)NC(=O)C(O)CCCCCCCC/C=C\CCCCCCCCCCCC. The summed E-state index contributed by atoms with van der Waals surface area (Å²) in [5, 5.41) is 55.2. The number of carbonyl (C=O) groups excluding carboxylic acids is 1. The zero-order valence-electron chi connectivity index (χ0n) is 39.0. The van der Waals surface area contributed by atoms with Crippen LogP contribution in [0.1, 0.15) is 194 Å². The van der Waals surface area contributed by atoms with Gasteiger partial charge in [-0.2, -0.15) is 8.42 Å². The number of aliphatic hydroxyl groups is 5. The van der Waals surface area contributed by atoms with Crippen LogP contribution in [0.15, 0.2) is 48.6 Å². The monoisotopic (exact) mass is 916 g/mol. The van der Waals surface area contributed by atoms with E-state index in [1.807, 2.05) is 0 Å². The van der Waals surface area contributed by atoms with Crippen molar-refractivity contribution in [1.29, 1.82) is 0 Å². The van der Waals surface area contributed by atoms with Crippen molar-refractivity contribution in [2.75, 3.05) is 13.2 Å². The molecule has 14 heteroatoms. The quantitative estimate of drug-likeness (QED) is 0.0174. The Bertz CT molecular complexity index is 1330. The predicted molar refractivity (Wildman–Crippen MR) is 251 cm³/mol. The van der Waals surface area contributed by atoms with Gasteiger partial charge in [0, 0.05) is 0 Å². The third-order valence-electron chi connectivity index (χ3n) is 11.4. The smallest absolute Gasteiger partial charge is 0.394 e. The first-order chi connectivity index (χ1) is 30.4. The van der Waals surface area contributed by atoms with E-state index in [-0.39, 0.29) is 6.42 Å². The van der Waals surface area contributed by atoms with E-state index in [0.29, 0.717) is 12.8 Å². The molecular weight excluding hydrogens is 827 g/mol. The third-order valence-corrected chi connectivity index (χ3v) is 11.9. The van der Waals surface area contributed by atoms with Crippen molar-refractivity contribution in [3.8, 4) is 0 Å². The molecule has 13 nitrogen and oxygen atoms in total. The van der Waals surface area contributed by atoms with Gasteiger partial charge in [-0.15, -0.1) is 0 Å². The third kappa shape index (κ3) is 31.6. The molecule has 1 saturated heterocycles. The Balaban J connectivity index is 2.55. The summed E-state index contributed by atoms with van der Waals surface area (Å²) < 4.78 is 47.5. The van der Waals surface area contributed by atoms with Gasteiger partial charge >= 0.3 is 10.4 Å². The minimum atomic E-state index is -5.13. The normalized spacial score (nSPS) is 21.3. The first-order valence-corrected chi connectivity index (χ1v) is 26.0. The van der Waals surface area contributed by atoms with Gasteiger partial charge in [-0.25, -0.2) is 4.18 Å². The zero-order chi connectivity index (χ0) is 46.4. The van der Waals surface area contributed by atoms with Gasteiger partial charge in [-0.3, -0.25) is 9.35 Å². The second kappa shape index (κ2) is 39.2. The molecule has 0 aromatic carbocycles. The van der Waals surface area contributed by atoms with Crippen LogP contribution in [0.2, 0.25) is 0 Å². The van der Waals surface area contributed by atoms with Crippen LogP contribution in [0.25, 0.3) is 0 Å². The Morgan fingerprint density at radius 2 is 1.06 bits per heavy atom. The lowest BCUT2D eigenvalue weighted by Gasteiger charge is -2.41. The molecule has 1 heterocycles. The molecule has 1 rings (SSSR count). The van der Waals surface area contributed by atoms with E-state index >= 15 is 0 Å². The summed E-state index contributed by atoms with van der Waals surface area (Å²) in [5.74, 6) is -0.722. The molecule has 8 unspecified atom stereocenters. The van der Waals surface area contributed by atoms with Crippen LogP contribution < -0.4 is 5.32 Å². The highest BCUT2D eigenvalue weighted by molar-refractivity contribution is 7.80. The van der Waals surface area contributed by atoms with Crippen molar-refractivity contribution in [3.05, 3.63) is 48.6 Å². The summed E-state index contributed by atoms with van der Waals surface area (Å²) in [6.07, 6.45) is 36.2. The number of carbonyl (C=O) groups is 1. The molecule has 0 aromatic heterocycles. The molecule has 0 aliphatic carbocycles. The summed E-state index contributed by atoms with van der Waals surface area (Å²) in [7, 11) is -5.13. The second-order valence-corrected chi connectivity index (χ2v) is 18.2. The number of unbranched alkanes of at least 4 members (excludes halogenated alkanes) is 22. The first-order valence-electron chi connectivity index (χ1n) is 24.6. The fourth-order valence-electron chi connectivity index (χ4n) is 7.49. The van der Waals surface area contributed by atoms with Crippen molar-refractivity contribution >= 4 is 16.3 Å². The fraction of sp³-hybridized carbons (Fsp3) is 0.816. The molecule has 7 N–H and O–H groups in total. The highest BCUT2D eigenvalue weighted by atomic mass is 32.3. The largest absolute Gasteiger partial charge is 0.397 e. The topological polar surface area (TPSA) is 212 Å². The van der Waals surface area contributed by atoms with E-state index < -0.39 is 78.5 Å². The number of ether oxygens (including phenoxy) is 2. The number of hydrogen-bond donors (Lipinski definition) is 7. The highest BCUT2D eigenvalue weighted by Crippen LogP contribution is 2.26. The highest BCUT2D eigenvalue weighted by Gasteiger charge is 2.48. The van der Waals surface area contributed by atoms with Gasteiger partial charge in [0.1, 0.15) is 30.5 Å². The first kappa shape index (κ1) is 59.0. The van der Waals surface area contributed by atoms with Crippen LogP contribution in [0, 0.1) is 0 Å². The van der Waals surface area contributed by atoms with E-state index in [1.165, 1.54) is 96.0 Å². The Labute approximate surface area is 381 Å². The maximum atomic E-state index is 13.1. The zero-order valence-corrected chi connectivity index (χ0v) is 39.8. The Morgan fingerprint density at radius 3 is 1.54 bits per heavy atom. The lowest BCUT2D eigenvalue weighted by atomic mass is 9.99. The van der Waals surface area contributed by atoms with Crippen molar-refractivity contribution in [2.45, 2.75) is 243 Å². The number of nitrogens with one attached hydrogen (secondary N) is 1. The Morgan fingerprint density at radius 1 is 0.635 bits per heavy atom. The molecule has 1 fully saturated rings. The number of aliphatic hydroxyl groups excluding tert-OH is 5. The Hall–Kier alpha value is -1.98. The number of hydrogen-bond acceptors (Lipinski definition) is 11. The number of rotatable bonds is 41. The minimum absolute atomic E-state index is 0.225. The van der Waals surface area contributed by atoms with Crippen molar-refractivity contribution in [1.82, 2.24) is 5.32 Å². The summed E-state index contributed by atoms with van der Waals surface area (Å²) in [5.41, 5.74) is 0. The lowest BCUT2D eigenvalue weighted by molar-refractivity contribution is -0.298. The standard InChI is InChI=1S/C49H89NO12S/c1-3-5-7-9-11-13-15-17-19-20-21-22-23-24-26-28-30-32-34-36-38-43(53)48(56)50-41(40-60-49-46(55)47(62-63(57,58)59)45(54)44(39-51)61-49)42(52)37-35-33-31-29-27-25-18-16-14-12-10-8-6-4-2/h14,16,22-23,27,29,35,37,41-47,49,51-55H,3-13,15,17-21,24-26,28,30-34,36,38-40H2,1-2H3,(H,50,56)(H,57,58,59)/b16-14+,23-22-,29-27+,37-35+. The average molecular weight is 916 g/mol. The predicted octanol–water partition coefficient (Wildman–Crippen LogP) is 9.02. The molecule has 1 aliphatic rings. The van der Waals surface area contributed by atoms with Gasteiger partial charge in [0.25, 0.3) is 0 Å². The van der Waals surface area contributed by atoms with Crippen molar-refractivity contribution in [2.24, 2.45) is 0 Å². The van der Waals surface area contributed by atoms with E-state index in [4.69, 9.17) is 9.47 Å². The van der Waals surface area contributed by atoms with Crippen LogP contribution in [-0.2, 0) is 28.9 Å². The Kier molecular flexibility index (Phi) is 36.7. The van der Waals surface area contributed by atoms with Crippen molar-refractivity contribution < 1.29 is 57.0 Å². The second-order valence-electron chi connectivity index (χ2n) is 17.2. The average Bonchev–Trinajstić information content (AvgIpc) is 3.25. The summed E-state index contributed by atoms with van der Waals surface area (Å²) in [6.45, 7) is 3.17. The van der Waals surface area contributed by atoms with E-state index in [0.717, 1.165) is 70.6 Å². The van der Waals surface area contributed by atoms with E-state index in [2.05, 4.69) is 59.8 Å². The van der Waals surface area contributed by atoms with Gasteiger partial charge in [-0.05, 0) is 70.6 Å². The van der Waals surface area contributed by atoms with Gasteiger partial charge in [0.05, 0.1) is 25.4 Å². The van der Waals surface area contributed by atoms with Gasteiger partial charge in [-0.1, -0.05) is 172 Å². The van der Waals surface area contributed by atoms with Crippen LogP contribution in [0.3, 0.4) is 0 Å². The number of allylic oxidation sites excluding steroid dienone is 7. The van der Waals surface area contributed by atoms with Gasteiger partial charge in [0.15, 0.2) is 6.29 Å². The van der Waals surface area contributed by atoms with Crippen LogP contribution >= 0.6 is 0 Å². The molecular formula is C49H89NO12S. The van der Waals surface area contributed by atoms with E-state index in [9.17, 15) is 43.3 Å². The molecule has 8 atom stereocenters. The van der Waals surface area contributed by atoms with E-state index in [1.54, 1.807) is 6.08 Å². The summed E-state index contributed by atoms with van der Waals surface area (Å²) in [6, 6.07) is -1.15. The minimum Gasteiger partial charge on any atom is -0.394 e. The fourth-order valence-corrected chi connectivity index (χ4v) is 7.99. The molecule has 0 bridgehead atoms. The molecule has 1 amide bonds. The van der Waals surface area contributed by atoms with Gasteiger partial charge < -0.3 is 40.3 Å². The van der Waals surface area contributed by atoms with Crippen LogP contribution in [0.5, 0.6) is 0 Å². The molecule has 368 valence electrons. The van der Waals surface area contributed by atoms with Crippen LogP contribution in [-0.4, -0.2) is 107 Å².